The van der Waals surface area contributed by atoms with Crippen molar-refractivity contribution in [3.8, 4) is 0 Å². The first-order valence-electron chi connectivity index (χ1n) is 11.4. The van der Waals surface area contributed by atoms with Gasteiger partial charge in [-0.2, -0.15) is 0 Å². The van der Waals surface area contributed by atoms with Crippen LogP contribution in [0, 0.1) is 0 Å². The van der Waals surface area contributed by atoms with Gasteiger partial charge in [-0.1, -0.05) is 39.0 Å². The fraction of sp³-hybridized carbons (Fsp3) is 0.667. The lowest BCUT2D eigenvalue weighted by atomic mass is 9.98. The maximum Gasteiger partial charge on any atom is 0.410 e. The summed E-state index contributed by atoms with van der Waals surface area (Å²) in [6, 6.07) is 11.5. The van der Waals surface area contributed by atoms with Gasteiger partial charge >= 0.3 is 12.1 Å². The Balaban J connectivity index is 2.27. The monoisotopic (exact) mass is 449 g/mol. The molecule has 0 N–H and O–H groups in total. The normalized spacial score (nSPS) is 21.8. The molecule has 0 spiro atoms. The highest BCUT2D eigenvalue weighted by Crippen LogP contribution is 2.39. The second kappa shape index (κ2) is 10.2. The zero-order chi connectivity index (χ0) is 23.3. The van der Waals surface area contributed by atoms with Gasteiger partial charge in [-0.3, -0.25) is 4.90 Å². The molecule has 0 bridgehead atoms. The molecule has 0 unspecified atom stereocenters. The van der Waals surface area contributed by atoms with Crippen molar-refractivity contribution in [2.75, 3.05) is 13.2 Å². The second-order valence-electron chi connectivity index (χ2n) is 9.56. The molecule has 1 saturated heterocycles. The van der Waals surface area contributed by atoms with Crippen molar-refractivity contribution in [3.05, 3.63) is 35.9 Å². The third-order valence-electron chi connectivity index (χ3n) is 6.32. The molecule has 1 heterocycles. The smallest absolute Gasteiger partial charge is 0.410 e. The Kier molecular flexibility index (Phi) is 8.33. The van der Waals surface area contributed by atoms with Gasteiger partial charge in [-0.25, -0.2) is 9.59 Å². The van der Waals surface area contributed by atoms with Gasteiger partial charge in [0, 0.05) is 6.54 Å². The average molecular weight is 450 g/mol. The Morgan fingerprint density at radius 2 is 1.68 bits per heavy atom. The van der Waals surface area contributed by atoms with Crippen LogP contribution in [0.2, 0.25) is 18.1 Å². The number of nitrogens with zero attached hydrogens (tertiary/aromatic N) is 1. The van der Waals surface area contributed by atoms with E-state index >= 15 is 0 Å². The molecular formula is C24H39NO5Si. The number of amides is 1. The van der Waals surface area contributed by atoms with Crippen LogP contribution >= 0.6 is 0 Å². The summed E-state index contributed by atoms with van der Waals surface area (Å²) in [5.41, 5.74) is -0.689. The van der Waals surface area contributed by atoms with E-state index in [0.29, 0.717) is 18.5 Å². The minimum absolute atomic E-state index is 0.0745. The minimum Gasteiger partial charge on any atom is -0.460 e. The van der Waals surface area contributed by atoms with Crippen LogP contribution in [-0.2, 0) is 13.9 Å². The highest BCUT2D eigenvalue weighted by atomic mass is 28.4. The number of hydrogen-bond donors (Lipinski definition) is 0. The Morgan fingerprint density at radius 3 is 2.19 bits per heavy atom. The summed E-state index contributed by atoms with van der Waals surface area (Å²) in [6.07, 6.45) is 0.298. The SMILES string of the molecule is CC[Si](CC)(CC)O[C@]1(C)CCN(C(=O)OC(C)(C)C)[C@@H]1COC(=O)c1ccccc1. The van der Waals surface area contributed by atoms with Crippen molar-refractivity contribution in [1.29, 1.82) is 0 Å². The predicted octanol–water partition coefficient (Wildman–Crippen LogP) is 5.63. The number of benzene rings is 1. The Hall–Kier alpha value is -1.86. The van der Waals surface area contributed by atoms with Gasteiger partial charge in [0.1, 0.15) is 12.2 Å². The summed E-state index contributed by atoms with van der Waals surface area (Å²) in [7, 11) is -1.95. The first kappa shape index (κ1) is 25.4. The molecule has 2 rings (SSSR count). The van der Waals surface area contributed by atoms with Crippen molar-refractivity contribution in [2.24, 2.45) is 0 Å². The van der Waals surface area contributed by atoms with Gasteiger partial charge in [-0.15, -0.1) is 0 Å². The molecule has 0 aliphatic carbocycles. The van der Waals surface area contributed by atoms with E-state index in [4.69, 9.17) is 13.9 Å². The lowest BCUT2D eigenvalue weighted by Crippen LogP contribution is -2.55. The van der Waals surface area contributed by atoms with Crippen LogP contribution in [0.25, 0.3) is 0 Å². The molecule has 1 fully saturated rings. The molecule has 0 saturated carbocycles. The number of esters is 1. The Labute approximate surface area is 188 Å². The fourth-order valence-electron chi connectivity index (χ4n) is 4.19. The number of hydrogen-bond acceptors (Lipinski definition) is 5. The minimum atomic E-state index is -1.95. The van der Waals surface area contributed by atoms with Crippen molar-refractivity contribution < 1.29 is 23.5 Å². The molecule has 1 amide bonds. The molecule has 2 atom stereocenters. The molecule has 7 heteroatoms. The van der Waals surface area contributed by atoms with E-state index in [2.05, 4.69) is 27.7 Å². The molecule has 6 nitrogen and oxygen atoms in total. The lowest BCUT2D eigenvalue weighted by Gasteiger charge is -2.42. The molecular weight excluding hydrogens is 410 g/mol. The molecule has 31 heavy (non-hydrogen) atoms. The molecule has 1 aliphatic heterocycles. The topological polar surface area (TPSA) is 65.1 Å². The van der Waals surface area contributed by atoms with E-state index in [1.54, 1.807) is 29.2 Å². The summed E-state index contributed by atoms with van der Waals surface area (Å²) in [4.78, 5) is 27.2. The van der Waals surface area contributed by atoms with Crippen LogP contribution in [-0.4, -0.2) is 55.7 Å². The van der Waals surface area contributed by atoms with E-state index < -0.39 is 37.6 Å². The van der Waals surface area contributed by atoms with Gasteiger partial charge in [0.05, 0.1) is 17.2 Å². The molecule has 1 aliphatic rings. The number of ether oxygens (including phenoxy) is 2. The first-order valence-corrected chi connectivity index (χ1v) is 13.9. The van der Waals surface area contributed by atoms with E-state index in [-0.39, 0.29) is 6.61 Å². The second-order valence-corrected chi connectivity index (χ2v) is 14.3. The van der Waals surface area contributed by atoms with Crippen LogP contribution in [0.5, 0.6) is 0 Å². The molecule has 0 radical (unpaired) electrons. The molecule has 174 valence electrons. The number of likely N-dealkylation sites (tertiary alicyclic amines) is 1. The van der Waals surface area contributed by atoms with Crippen molar-refractivity contribution in [2.45, 2.75) is 90.3 Å². The summed E-state index contributed by atoms with van der Waals surface area (Å²) >= 11 is 0. The summed E-state index contributed by atoms with van der Waals surface area (Å²) in [5, 5.41) is 0. The van der Waals surface area contributed by atoms with E-state index in [1.165, 1.54) is 0 Å². The van der Waals surface area contributed by atoms with Crippen molar-refractivity contribution >= 4 is 20.4 Å². The Bertz CT molecular complexity index is 736. The average Bonchev–Trinajstić information content (AvgIpc) is 3.06. The summed E-state index contributed by atoms with van der Waals surface area (Å²) in [5.74, 6) is -0.399. The summed E-state index contributed by atoms with van der Waals surface area (Å²) in [6.45, 7) is 14.8. The van der Waals surface area contributed by atoms with Crippen LogP contribution in [0.1, 0.15) is 65.2 Å². The molecule has 1 aromatic carbocycles. The largest absolute Gasteiger partial charge is 0.460 e. The standard InChI is InChI=1S/C24H39NO5Si/c1-8-31(9-2,10-3)30-24(7)16-17-25(22(27)29-23(4,5)6)20(24)18-28-21(26)19-14-12-11-13-15-19/h11-15,20H,8-10,16-18H2,1-7H3/t20-,24-/m1/s1. The quantitative estimate of drug-likeness (QED) is 0.380. The zero-order valence-corrected chi connectivity index (χ0v) is 21.2. The molecule has 0 aromatic heterocycles. The third kappa shape index (κ3) is 6.32. The fourth-order valence-corrected chi connectivity index (χ4v) is 7.35. The number of carbonyl (C=O) groups is 2. The van der Waals surface area contributed by atoms with Gasteiger partial charge in [-0.05, 0) is 64.4 Å². The number of rotatable bonds is 8. The van der Waals surface area contributed by atoms with Gasteiger partial charge in [0.15, 0.2) is 8.32 Å². The van der Waals surface area contributed by atoms with Crippen LogP contribution in [0.3, 0.4) is 0 Å². The van der Waals surface area contributed by atoms with Crippen LogP contribution in [0.15, 0.2) is 30.3 Å². The maximum atomic E-state index is 13.0. The highest BCUT2D eigenvalue weighted by Gasteiger charge is 2.52. The first-order chi connectivity index (χ1) is 14.5. The third-order valence-corrected chi connectivity index (χ3v) is 11.1. The van der Waals surface area contributed by atoms with Crippen LogP contribution < -0.4 is 0 Å². The lowest BCUT2D eigenvalue weighted by molar-refractivity contribution is -0.0234. The van der Waals surface area contributed by atoms with E-state index in [1.807, 2.05) is 26.8 Å². The van der Waals surface area contributed by atoms with E-state index in [0.717, 1.165) is 18.1 Å². The number of carbonyl (C=O) groups excluding carboxylic acids is 2. The van der Waals surface area contributed by atoms with Gasteiger partial charge < -0.3 is 13.9 Å². The highest BCUT2D eigenvalue weighted by molar-refractivity contribution is 6.73. The van der Waals surface area contributed by atoms with Gasteiger partial charge in [0.2, 0.25) is 0 Å². The van der Waals surface area contributed by atoms with Crippen LogP contribution in [0.4, 0.5) is 4.79 Å². The molecule has 1 aromatic rings. The zero-order valence-electron chi connectivity index (χ0n) is 20.2. The predicted molar refractivity (Wildman–Crippen MR) is 125 cm³/mol. The van der Waals surface area contributed by atoms with E-state index in [9.17, 15) is 9.59 Å². The van der Waals surface area contributed by atoms with Gasteiger partial charge in [0.25, 0.3) is 0 Å². The maximum absolute atomic E-state index is 13.0. The van der Waals surface area contributed by atoms with Crippen molar-refractivity contribution in [1.82, 2.24) is 4.90 Å². The summed E-state index contributed by atoms with van der Waals surface area (Å²) < 4.78 is 18.2. The van der Waals surface area contributed by atoms with Crippen molar-refractivity contribution in [3.63, 3.8) is 0 Å². The Morgan fingerprint density at radius 1 is 1.10 bits per heavy atom.